The monoisotopic (exact) mass is 445 g/mol. The Morgan fingerprint density at radius 3 is 2.63 bits per heavy atom. The minimum absolute atomic E-state index is 0.0390. The van der Waals surface area contributed by atoms with E-state index >= 15 is 0 Å². The van der Waals surface area contributed by atoms with E-state index in [1.807, 2.05) is 48.2 Å². The van der Waals surface area contributed by atoms with Gasteiger partial charge >= 0.3 is 0 Å². The summed E-state index contributed by atoms with van der Waals surface area (Å²) in [5, 5.41) is 4.50. The van der Waals surface area contributed by atoms with Gasteiger partial charge in [0.1, 0.15) is 17.4 Å². The van der Waals surface area contributed by atoms with Gasteiger partial charge in [0.05, 0.1) is 13.2 Å². The quantitative estimate of drug-likeness (QED) is 0.726. The van der Waals surface area contributed by atoms with Gasteiger partial charge in [0.15, 0.2) is 10.8 Å². The maximum absolute atomic E-state index is 13.3. The molecule has 1 N–H and O–H groups in total. The average Bonchev–Trinajstić information content (AvgIpc) is 2.71. The molecule has 0 radical (unpaired) electrons. The number of carbonyl (C=O) groups is 1. The van der Waals surface area contributed by atoms with Gasteiger partial charge in [-0.1, -0.05) is 23.7 Å². The van der Waals surface area contributed by atoms with Crippen molar-refractivity contribution in [1.82, 2.24) is 15.1 Å². The minimum atomic E-state index is -0.963. The summed E-state index contributed by atoms with van der Waals surface area (Å²) in [4.78, 5) is 16.8. The van der Waals surface area contributed by atoms with Gasteiger partial charge in [0, 0.05) is 31.2 Å². The highest BCUT2D eigenvalue weighted by Crippen LogP contribution is 2.49. The number of halogens is 1. The molecule has 1 saturated heterocycles. The molecular formula is C22H24ClN3O3S. The van der Waals surface area contributed by atoms with Crippen molar-refractivity contribution in [2.75, 3.05) is 21.2 Å². The topological polar surface area (TPSA) is 54.0 Å². The average molecular weight is 446 g/mol. The molecule has 2 heterocycles. The Morgan fingerprint density at radius 1 is 1.30 bits per heavy atom. The third-order valence-electron chi connectivity index (χ3n) is 5.80. The van der Waals surface area contributed by atoms with E-state index in [4.69, 9.17) is 33.3 Å². The predicted molar refractivity (Wildman–Crippen MR) is 120 cm³/mol. The van der Waals surface area contributed by atoms with Crippen molar-refractivity contribution in [3.05, 3.63) is 58.6 Å². The van der Waals surface area contributed by atoms with Crippen molar-refractivity contribution in [1.29, 1.82) is 0 Å². The molecule has 158 valence electrons. The minimum Gasteiger partial charge on any atom is -0.497 e. The van der Waals surface area contributed by atoms with Crippen molar-refractivity contribution in [3.8, 4) is 11.5 Å². The van der Waals surface area contributed by atoms with Crippen LogP contribution in [0.25, 0.3) is 0 Å². The molecule has 0 unspecified atom stereocenters. The van der Waals surface area contributed by atoms with Crippen LogP contribution < -0.4 is 14.8 Å². The summed E-state index contributed by atoms with van der Waals surface area (Å²) in [6, 6.07) is 12.9. The van der Waals surface area contributed by atoms with Gasteiger partial charge in [-0.2, -0.15) is 0 Å². The van der Waals surface area contributed by atoms with Crippen LogP contribution in [-0.2, 0) is 11.3 Å². The fraction of sp³-hybridized carbons (Fsp3) is 0.364. The van der Waals surface area contributed by atoms with Crippen LogP contribution in [0.5, 0.6) is 11.5 Å². The number of rotatable bonds is 4. The lowest BCUT2D eigenvalue weighted by molar-refractivity contribution is -0.162. The number of thiocarbonyl (C=S) groups is 1. The lowest BCUT2D eigenvalue weighted by atomic mass is 9.78. The molecule has 2 aromatic rings. The number of methoxy groups -OCH3 is 1. The lowest BCUT2D eigenvalue weighted by Gasteiger charge is -2.56. The molecule has 8 heteroatoms. The second kappa shape index (κ2) is 7.63. The number of ether oxygens (including phenoxy) is 2. The smallest absolute Gasteiger partial charge is 0.233 e. The molecular weight excluding hydrogens is 422 g/mol. The number of carbonyl (C=O) groups excluding carboxylic acids is 1. The Hall–Kier alpha value is -2.51. The molecule has 2 aliphatic rings. The van der Waals surface area contributed by atoms with Gasteiger partial charge < -0.3 is 24.6 Å². The molecule has 2 aliphatic heterocycles. The largest absolute Gasteiger partial charge is 0.497 e. The summed E-state index contributed by atoms with van der Waals surface area (Å²) in [6.07, 6.45) is 0. The first kappa shape index (κ1) is 20.8. The van der Waals surface area contributed by atoms with Crippen LogP contribution in [0.15, 0.2) is 42.5 Å². The van der Waals surface area contributed by atoms with E-state index in [0.717, 1.165) is 16.9 Å². The lowest BCUT2D eigenvalue weighted by Crippen LogP contribution is -2.71. The highest BCUT2D eigenvalue weighted by molar-refractivity contribution is 7.80. The highest BCUT2D eigenvalue weighted by Gasteiger charge is 2.58. The van der Waals surface area contributed by atoms with Gasteiger partial charge in [-0.15, -0.1) is 0 Å². The van der Waals surface area contributed by atoms with Gasteiger partial charge in [-0.25, -0.2) is 0 Å². The summed E-state index contributed by atoms with van der Waals surface area (Å²) >= 11 is 12.0. The Labute approximate surface area is 186 Å². The first-order valence-corrected chi connectivity index (χ1v) is 10.4. The fourth-order valence-corrected chi connectivity index (χ4v) is 4.77. The van der Waals surface area contributed by atoms with E-state index in [0.29, 0.717) is 22.4 Å². The first-order chi connectivity index (χ1) is 14.2. The molecule has 1 amide bonds. The normalized spacial score (nSPS) is 24.4. The number of benzene rings is 2. The van der Waals surface area contributed by atoms with Gasteiger partial charge in [-0.3, -0.25) is 4.79 Å². The van der Waals surface area contributed by atoms with Crippen LogP contribution in [-0.4, -0.2) is 47.7 Å². The Bertz CT molecular complexity index is 998. The zero-order chi connectivity index (χ0) is 21.6. The molecule has 30 heavy (non-hydrogen) atoms. The standard InChI is InChI=1S/C22H24ClN3O3S/c1-22-18(20(27)25(2)3)19(16-11-14(23)7-10-17(16)29-22)24-21(30)26(22)12-13-5-8-15(28-4)9-6-13/h5-11,18-19H,12H2,1-4H3,(H,24,30)/t18-,19+,22+/m1/s1. The molecule has 0 saturated carbocycles. The van der Waals surface area contributed by atoms with Gasteiger partial charge in [-0.05, 0) is 55.0 Å². The molecule has 2 bridgehead atoms. The van der Waals surface area contributed by atoms with Crippen LogP contribution in [0.2, 0.25) is 5.02 Å². The number of nitrogens with zero attached hydrogens (tertiary/aromatic N) is 2. The van der Waals surface area contributed by atoms with Crippen molar-refractivity contribution in [2.45, 2.75) is 25.2 Å². The van der Waals surface area contributed by atoms with Crippen molar-refractivity contribution in [2.24, 2.45) is 5.92 Å². The fourth-order valence-electron chi connectivity index (χ4n) is 4.22. The summed E-state index contributed by atoms with van der Waals surface area (Å²) in [5.74, 6) is 0.931. The number of amides is 1. The van der Waals surface area contributed by atoms with Crippen LogP contribution in [0.3, 0.4) is 0 Å². The Kier molecular flexibility index (Phi) is 5.28. The van der Waals surface area contributed by atoms with Crippen LogP contribution in [0, 0.1) is 5.92 Å². The molecule has 3 atom stereocenters. The van der Waals surface area contributed by atoms with E-state index in [1.54, 1.807) is 32.2 Å². The molecule has 6 nitrogen and oxygen atoms in total. The second-order valence-electron chi connectivity index (χ2n) is 7.91. The number of fused-ring (bicyclic) bond motifs is 4. The van der Waals surface area contributed by atoms with Crippen molar-refractivity contribution in [3.63, 3.8) is 0 Å². The molecule has 1 fully saturated rings. The number of hydrogen-bond acceptors (Lipinski definition) is 4. The van der Waals surface area contributed by atoms with Crippen LogP contribution in [0.1, 0.15) is 24.1 Å². The summed E-state index contributed by atoms with van der Waals surface area (Å²) in [5.41, 5.74) is 0.905. The molecule has 0 aliphatic carbocycles. The molecule has 0 spiro atoms. The summed E-state index contributed by atoms with van der Waals surface area (Å²) in [6.45, 7) is 2.42. The molecule has 4 rings (SSSR count). The maximum atomic E-state index is 13.3. The van der Waals surface area contributed by atoms with Gasteiger partial charge in [0.25, 0.3) is 0 Å². The Balaban J connectivity index is 1.78. The van der Waals surface area contributed by atoms with Crippen molar-refractivity contribution < 1.29 is 14.3 Å². The Morgan fingerprint density at radius 2 is 2.00 bits per heavy atom. The number of hydrogen-bond donors (Lipinski definition) is 1. The maximum Gasteiger partial charge on any atom is 0.233 e. The third kappa shape index (κ3) is 3.36. The van der Waals surface area contributed by atoms with E-state index in [9.17, 15) is 4.79 Å². The van der Waals surface area contributed by atoms with E-state index in [1.165, 1.54) is 0 Å². The molecule has 2 aromatic carbocycles. The first-order valence-electron chi connectivity index (χ1n) is 9.65. The predicted octanol–water partition coefficient (Wildman–Crippen LogP) is 3.59. The van der Waals surface area contributed by atoms with Gasteiger partial charge in [0.2, 0.25) is 5.91 Å². The van der Waals surface area contributed by atoms with Crippen molar-refractivity contribution >= 4 is 34.8 Å². The summed E-state index contributed by atoms with van der Waals surface area (Å²) in [7, 11) is 5.14. The van der Waals surface area contributed by atoms with Crippen LogP contribution >= 0.6 is 23.8 Å². The van der Waals surface area contributed by atoms with E-state index in [2.05, 4.69) is 5.32 Å². The SMILES string of the molecule is COc1ccc(CN2C(=S)N[C@H]3c4cc(Cl)ccc4O[C@@]2(C)[C@H]3C(=O)N(C)C)cc1. The second-order valence-corrected chi connectivity index (χ2v) is 8.73. The van der Waals surface area contributed by atoms with E-state index < -0.39 is 11.6 Å². The highest BCUT2D eigenvalue weighted by atomic mass is 35.5. The number of nitrogens with one attached hydrogen (secondary N) is 1. The third-order valence-corrected chi connectivity index (χ3v) is 6.37. The zero-order valence-corrected chi connectivity index (χ0v) is 18.9. The van der Waals surface area contributed by atoms with E-state index in [-0.39, 0.29) is 11.9 Å². The zero-order valence-electron chi connectivity index (χ0n) is 17.3. The summed E-state index contributed by atoms with van der Waals surface area (Å²) < 4.78 is 11.7. The van der Waals surface area contributed by atoms with Crippen LogP contribution in [0.4, 0.5) is 0 Å². The molecule has 0 aromatic heterocycles.